The van der Waals surface area contributed by atoms with E-state index < -0.39 is 6.09 Å². The third-order valence-corrected chi connectivity index (χ3v) is 6.13. The number of ether oxygens (including phenoxy) is 1. The largest absolute Gasteiger partial charge is 0.506 e. The summed E-state index contributed by atoms with van der Waals surface area (Å²) in [6.07, 6.45) is 1.33. The first-order valence-corrected chi connectivity index (χ1v) is 10.1. The number of nitrogens with zero attached hydrogens (tertiary/aromatic N) is 1. The molecule has 0 aromatic heterocycles. The summed E-state index contributed by atoms with van der Waals surface area (Å²) in [6, 6.07) is 20.2. The van der Waals surface area contributed by atoms with Gasteiger partial charge >= 0.3 is 6.09 Å². The summed E-state index contributed by atoms with van der Waals surface area (Å²) >= 11 is 0. The van der Waals surface area contributed by atoms with Crippen molar-refractivity contribution in [2.24, 2.45) is 0 Å². The van der Waals surface area contributed by atoms with E-state index in [4.69, 9.17) is 4.74 Å². The molecule has 2 aliphatic rings. The maximum atomic E-state index is 13.0. The van der Waals surface area contributed by atoms with Crippen LogP contribution in [0.2, 0.25) is 0 Å². The third-order valence-electron chi connectivity index (χ3n) is 6.13. The summed E-state index contributed by atoms with van der Waals surface area (Å²) in [4.78, 5) is 14.6. The number of aryl methyl sites for hydroxylation is 1. The van der Waals surface area contributed by atoms with Gasteiger partial charge in [0, 0.05) is 12.5 Å². The average Bonchev–Trinajstić information content (AvgIpc) is 3.08. The lowest BCUT2D eigenvalue weighted by atomic mass is 9.96. The zero-order chi connectivity index (χ0) is 20.0. The summed E-state index contributed by atoms with van der Waals surface area (Å²) in [5.41, 5.74) is 7.53. The summed E-state index contributed by atoms with van der Waals surface area (Å²) in [7, 11) is 0. The third kappa shape index (κ3) is 2.87. The van der Waals surface area contributed by atoms with Gasteiger partial charge in [-0.1, -0.05) is 54.6 Å². The van der Waals surface area contributed by atoms with Gasteiger partial charge in [-0.3, -0.25) is 4.90 Å². The molecule has 5 rings (SSSR count). The Morgan fingerprint density at radius 3 is 2.38 bits per heavy atom. The van der Waals surface area contributed by atoms with Gasteiger partial charge in [-0.05, 0) is 59.2 Å². The monoisotopic (exact) mass is 385 g/mol. The Bertz CT molecular complexity index is 1060. The van der Waals surface area contributed by atoms with Crippen molar-refractivity contribution in [1.29, 1.82) is 0 Å². The number of rotatable bonds is 2. The van der Waals surface area contributed by atoms with Gasteiger partial charge in [-0.2, -0.15) is 0 Å². The number of phenolic OH excluding ortho intramolecular Hbond substituents is 1. The molecule has 1 amide bonds. The van der Waals surface area contributed by atoms with Gasteiger partial charge in [0.05, 0.1) is 5.69 Å². The van der Waals surface area contributed by atoms with Gasteiger partial charge in [0.25, 0.3) is 0 Å². The molecule has 1 N–H and O–H groups in total. The van der Waals surface area contributed by atoms with E-state index >= 15 is 0 Å². The zero-order valence-corrected chi connectivity index (χ0v) is 16.4. The molecule has 146 valence electrons. The van der Waals surface area contributed by atoms with Crippen LogP contribution in [0.25, 0.3) is 11.1 Å². The van der Waals surface area contributed by atoms with Crippen LogP contribution in [0.3, 0.4) is 0 Å². The molecule has 1 aliphatic carbocycles. The Hall–Kier alpha value is -3.27. The van der Waals surface area contributed by atoms with Crippen LogP contribution in [0.1, 0.15) is 34.6 Å². The number of amides is 1. The van der Waals surface area contributed by atoms with Gasteiger partial charge in [0.15, 0.2) is 0 Å². The molecule has 0 radical (unpaired) electrons. The zero-order valence-electron chi connectivity index (χ0n) is 16.4. The summed E-state index contributed by atoms with van der Waals surface area (Å²) in [6.45, 7) is 2.85. The van der Waals surface area contributed by atoms with Crippen LogP contribution in [0.4, 0.5) is 10.5 Å². The molecule has 3 aromatic rings. The highest BCUT2D eigenvalue weighted by molar-refractivity contribution is 5.92. The second-order valence-corrected chi connectivity index (χ2v) is 7.79. The first-order valence-electron chi connectivity index (χ1n) is 10.1. The fourth-order valence-electron chi connectivity index (χ4n) is 4.72. The molecule has 0 unspecified atom stereocenters. The van der Waals surface area contributed by atoms with Crippen LogP contribution in [-0.2, 0) is 11.2 Å². The van der Waals surface area contributed by atoms with Gasteiger partial charge in [-0.15, -0.1) is 0 Å². The number of hydrogen-bond donors (Lipinski definition) is 1. The Morgan fingerprint density at radius 1 is 1.03 bits per heavy atom. The summed E-state index contributed by atoms with van der Waals surface area (Å²) < 4.78 is 5.81. The van der Waals surface area contributed by atoms with Crippen LogP contribution < -0.4 is 4.90 Å². The van der Waals surface area contributed by atoms with Crippen LogP contribution >= 0.6 is 0 Å². The van der Waals surface area contributed by atoms with E-state index in [1.54, 1.807) is 11.0 Å². The van der Waals surface area contributed by atoms with E-state index in [9.17, 15) is 9.90 Å². The lowest BCUT2D eigenvalue weighted by Gasteiger charge is -2.30. The predicted octanol–water partition coefficient (Wildman–Crippen LogP) is 5.40. The molecule has 0 bridgehead atoms. The van der Waals surface area contributed by atoms with Gasteiger partial charge in [0.1, 0.15) is 12.4 Å². The minimum absolute atomic E-state index is 0.0294. The Labute approximate surface area is 170 Å². The van der Waals surface area contributed by atoms with Gasteiger partial charge < -0.3 is 9.84 Å². The minimum atomic E-state index is -0.395. The summed E-state index contributed by atoms with van der Waals surface area (Å²) in [5.74, 6) is 0.167. The van der Waals surface area contributed by atoms with Crippen molar-refractivity contribution in [3.8, 4) is 16.9 Å². The molecule has 4 heteroatoms. The van der Waals surface area contributed by atoms with Crippen molar-refractivity contribution in [3.63, 3.8) is 0 Å². The average molecular weight is 385 g/mol. The maximum Gasteiger partial charge on any atom is 0.414 e. The van der Waals surface area contributed by atoms with E-state index in [0.717, 1.165) is 24.0 Å². The Balaban J connectivity index is 1.41. The van der Waals surface area contributed by atoms with E-state index in [0.29, 0.717) is 12.2 Å². The highest BCUT2D eigenvalue weighted by atomic mass is 16.6. The van der Waals surface area contributed by atoms with Crippen molar-refractivity contribution in [1.82, 2.24) is 0 Å². The van der Waals surface area contributed by atoms with E-state index in [-0.39, 0.29) is 18.3 Å². The number of benzene rings is 3. The molecule has 1 aliphatic heterocycles. The predicted molar refractivity (Wildman–Crippen MR) is 114 cm³/mol. The maximum absolute atomic E-state index is 13.0. The minimum Gasteiger partial charge on any atom is -0.506 e. The molecular formula is C25H23NO3. The van der Waals surface area contributed by atoms with Crippen molar-refractivity contribution < 1.29 is 14.6 Å². The van der Waals surface area contributed by atoms with Crippen LogP contribution in [0.15, 0.2) is 60.7 Å². The normalized spacial score (nSPS) is 14.9. The number of carbonyl (C=O) groups is 1. The number of carbonyl (C=O) groups excluding carboxylic acids is 1. The Kier molecular flexibility index (Phi) is 4.27. The van der Waals surface area contributed by atoms with Crippen molar-refractivity contribution in [2.75, 3.05) is 18.1 Å². The first-order chi connectivity index (χ1) is 14.1. The molecular weight excluding hydrogens is 362 g/mol. The van der Waals surface area contributed by atoms with E-state index in [1.807, 2.05) is 37.3 Å². The SMILES string of the molecule is Cc1ccc(O)c2c1CCCN2C(=O)OCC1c2ccccc2-c2ccccc21. The fraction of sp³-hybridized carbons (Fsp3) is 0.240. The number of hydrogen-bond acceptors (Lipinski definition) is 3. The fourth-order valence-corrected chi connectivity index (χ4v) is 4.72. The van der Waals surface area contributed by atoms with Gasteiger partial charge in [0.2, 0.25) is 0 Å². The highest BCUT2D eigenvalue weighted by Crippen LogP contribution is 2.45. The van der Waals surface area contributed by atoms with Crippen molar-refractivity contribution in [2.45, 2.75) is 25.7 Å². The molecule has 4 nitrogen and oxygen atoms in total. The smallest absolute Gasteiger partial charge is 0.414 e. The topological polar surface area (TPSA) is 49.8 Å². The molecule has 1 heterocycles. The number of aromatic hydroxyl groups is 1. The quantitative estimate of drug-likeness (QED) is 0.642. The molecule has 3 aromatic carbocycles. The summed E-state index contributed by atoms with van der Waals surface area (Å²) in [5, 5.41) is 10.4. The second kappa shape index (κ2) is 6.96. The molecule has 0 saturated heterocycles. The van der Waals surface area contributed by atoms with Crippen molar-refractivity contribution in [3.05, 3.63) is 82.9 Å². The lowest BCUT2D eigenvalue weighted by molar-refractivity contribution is 0.149. The second-order valence-electron chi connectivity index (χ2n) is 7.79. The number of fused-ring (bicyclic) bond motifs is 4. The first kappa shape index (κ1) is 17.8. The molecule has 0 saturated carbocycles. The van der Waals surface area contributed by atoms with Crippen LogP contribution in [0.5, 0.6) is 5.75 Å². The molecule has 29 heavy (non-hydrogen) atoms. The molecule has 0 fully saturated rings. The highest BCUT2D eigenvalue weighted by Gasteiger charge is 2.32. The van der Waals surface area contributed by atoms with E-state index in [2.05, 4.69) is 24.3 Å². The lowest BCUT2D eigenvalue weighted by Crippen LogP contribution is -2.37. The van der Waals surface area contributed by atoms with Crippen LogP contribution in [-0.4, -0.2) is 24.4 Å². The van der Waals surface area contributed by atoms with Crippen LogP contribution in [0, 0.1) is 6.92 Å². The molecule has 0 spiro atoms. The number of phenols is 1. The molecule has 0 atom stereocenters. The van der Waals surface area contributed by atoms with E-state index in [1.165, 1.54) is 22.3 Å². The standard InChI is InChI=1S/C25H23NO3/c1-16-12-13-23(27)24-17(16)11-6-14-26(24)25(28)29-15-22-20-9-4-2-7-18(20)19-8-3-5-10-21(19)22/h2-5,7-10,12-13,22,27H,6,11,14-15H2,1H3. The number of anilines is 1. The Morgan fingerprint density at radius 2 is 1.69 bits per heavy atom. The van der Waals surface area contributed by atoms with Gasteiger partial charge in [-0.25, -0.2) is 4.79 Å². The van der Waals surface area contributed by atoms with Crippen molar-refractivity contribution >= 4 is 11.8 Å².